The number of benzene rings is 2. The first-order chi connectivity index (χ1) is 16.2. The fraction of sp³-hybridized carbons (Fsp3) is 0.0833. The van der Waals surface area contributed by atoms with E-state index < -0.39 is 15.7 Å². The summed E-state index contributed by atoms with van der Waals surface area (Å²) < 4.78 is 27.1. The molecule has 0 aliphatic heterocycles. The van der Waals surface area contributed by atoms with Crippen molar-refractivity contribution in [2.24, 2.45) is 0 Å². The number of sulfone groups is 1. The summed E-state index contributed by atoms with van der Waals surface area (Å²) in [5.41, 5.74) is 10.4. The number of carbonyl (C=O) groups excluding carboxylic acids is 1. The van der Waals surface area contributed by atoms with Gasteiger partial charge >= 0.3 is 0 Å². The Morgan fingerprint density at radius 1 is 1.15 bits per heavy atom. The van der Waals surface area contributed by atoms with Gasteiger partial charge in [-0.15, -0.1) is 11.3 Å². The minimum Gasteiger partial charge on any atom is -0.397 e. The number of halogens is 1. The van der Waals surface area contributed by atoms with E-state index in [4.69, 9.17) is 17.3 Å². The van der Waals surface area contributed by atoms with Crippen LogP contribution in [0.2, 0.25) is 5.02 Å². The molecule has 1 amide bonds. The summed E-state index contributed by atoms with van der Waals surface area (Å²) in [6.07, 6.45) is 1.92. The van der Waals surface area contributed by atoms with Crippen molar-refractivity contribution in [1.29, 1.82) is 0 Å². The molecule has 2 aromatic heterocycles. The highest BCUT2D eigenvalue weighted by Crippen LogP contribution is 2.37. The predicted molar refractivity (Wildman–Crippen MR) is 132 cm³/mol. The summed E-state index contributed by atoms with van der Waals surface area (Å²) in [4.78, 5) is 17.3. The van der Waals surface area contributed by atoms with E-state index in [9.17, 15) is 18.4 Å². The molecule has 0 radical (unpaired) electrons. The predicted octanol–water partition coefficient (Wildman–Crippen LogP) is 4.90. The van der Waals surface area contributed by atoms with Gasteiger partial charge in [0.05, 0.1) is 21.2 Å². The van der Waals surface area contributed by atoms with E-state index in [0.717, 1.165) is 16.9 Å². The maximum absolute atomic E-state index is 13.5. The number of pyridine rings is 1. The highest BCUT2D eigenvalue weighted by atomic mass is 35.5. The van der Waals surface area contributed by atoms with Crippen molar-refractivity contribution in [2.75, 3.05) is 5.73 Å². The number of amides is 1. The van der Waals surface area contributed by atoms with Crippen LogP contribution in [0.1, 0.15) is 27.0 Å². The number of nitrogen functional groups attached to an aromatic ring is 1. The van der Waals surface area contributed by atoms with Gasteiger partial charge in [0.25, 0.3) is 5.91 Å². The molecule has 2 heterocycles. The molecule has 10 heteroatoms. The summed E-state index contributed by atoms with van der Waals surface area (Å²) in [5.74, 6) is -0.830. The number of hydrogen-bond donors (Lipinski definition) is 3. The zero-order chi connectivity index (χ0) is 24.5. The third-order valence-corrected chi connectivity index (χ3v) is 9.06. The maximum atomic E-state index is 13.5. The van der Waals surface area contributed by atoms with E-state index in [0.29, 0.717) is 33.1 Å². The Labute approximate surface area is 205 Å². The lowest BCUT2D eigenvalue weighted by Crippen LogP contribution is -2.22. The van der Waals surface area contributed by atoms with Crippen LogP contribution in [-0.2, 0) is 16.3 Å². The molecule has 2 aromatic carbocycles. The summed E-state index contributed by atoms with van der Waals surface area (Å²) in [6, 6.07) is 16.8. The number of hydrogen-bond acceptors (Lipinski definition) is 7. The van der Waals surface area contributed by atoms with Crippen LogP contribution < -0.4 is 11.2 Å². The van der Waals surface area contributed by atoms with Crippen LogP contribution in [0.4, 0.5) is 5.69 Å². The van der Waals surface area contributed by atoms with Gasteiger partial charge in [-0.3, -0.25) is 15.0 Å². The second-order valence-electron chi connectivity index (χ2n) is 7.52. The topological polar surface area (TPSA) is 122 Å². The van der Waals surface area contributed by atoms with E-state index in [2.05, 4.69) is 4.98 Å². The molecule has 0 aliphatic carbocycles. The van der Waals surface area contributed by atoms with Crippen LogP contribution in [0.3, 0.4) is 0 Å². The second kappa shape index (κ2) is 9.55. The molecule has 4 N–H and O–H groups in total. The van der Waals surface area contributed by atoms with Gasteiger partial charge < -0.3 is 5.73 Å². The number of anilines is 1. The van der Waals surface area contributed by atoms with Gasteiger partial charge in [-0.1, -0.05) is 29.8 Å². The van der Waals surface area contributed by atoms with Crippen molar-refractivity contribution < 1.29 is 18.4 Å². The first-order valence-corrected chi connectivity index (χ1v) is 12.8. The molecule has 174 valence electrons. The van der Waals surface area contributed by atoms with Crippen molar-refractivity contribution in [3.63, 3.8) is 0 Å². The Bertz CT molecular complexity index is 1470. The van der Waals surface area contributed by atoms with Gasteiger partial charge in [0, 0.05) is 16.8 Å². The molecular weight excluding hydrogens is 494 g/mol. The highest BCUT2D eigenvalue weighted by molar-refractivity contribution is 7.93. The standard InChI is InChI=1S/C24H20ClN3O4S2/c1-14-17(12-15-5-7-16(25)8-6-15)18(24(29)28-30)13-21(23(14)26)34(31,32)22-10-9-20(33-22)19-4-2-3-11-27-19/h2-11,13,30H,12,26H2,1H3,(H,28,29). The van der Waals surface area contributed by atoms with Crippen LogP contribution in [0, 0.1) is 6.92 Å². The monoisotopic (exact) mass is 513 g/mol. The normalized spacial score (nSPS) is 11.4. The third kappa shape index (κ3) is 4.55. The zero-order valence-corrected chi connectivity index (χ0v) is 20.3. The Morgan fingerprint density at radius 2 is 1.88 bits per heavy atom. The number of rotatable bonds is 6. The SMILES string of the molecule is Cc1c(N)c(S(=O)(=O)c2ccc(-c3ccccn3)s2)cc(C(=O)NO)c1Cc1ccc(Cl)cc1. The van der Waals surface area contributed by atoms with Crippen LogP contribution in [0.15, 0.2) is 76.0 Å². The first kappa shape index (κ1) is 23.9. The molecule has 0 saturated heterocycles. The lowest BCUT2D eigenvalue weighted by molar-refractivity contribution is 0.0705. The van der Waals surface area contributed by atoms with Gasteiger partial charge in [-0.2, -0.15) is 0 Å². The van der Waals surface area contributed by atoms with Crippen LogP contribution in [-0.4, -0.2) is 24.5 Å². The van der Waals surface area contributed by atoms with Crippen LogP contribution in [0.5, 0.6) is 0 Å². The van der Waals surface area contributed by atoms with Gasteiger partial charge in [-0.25, -0.2) is 13.9 Å². The number of nitrogens with two attached hydrogens (primary N) is 1. The van der Waals surface area contributed by atoms with Crippen molar-refractivity contribution in [3.8, 4) is 10.6 Å². The lowest BCUT2D eigenvalue weighted by atomic mass is 9.94. The quantitative estimate of drug-likeness (QED) is 0.191. The van der Waals surface area contributed by atoms with Gasteiger partial charge in [0.15, 0.2) is 0 Å². The average molecular weight is 514 g/mol. The van der Waals surface area contributed by atoms with E-state index in [1.54, 1.807) is 61.1 Å². The molecule has 0 spiro atoms. The minimum absolute atomic E-state index is 0.0178. The number of carbonyl (C=O) groups is 1. The maximum Gasteiger partial charge on any atom is 0.274 e. The molecule has 4 aromatic rings. The lowest BCUT2D eigenvalue weighted by Gasteiger charge is -2.17. The molecule has 0 aliphatic rings. The molecule has 4 rings (SSSR count). The fourth-order valence-corrected chi connectivity index (χ4v) is 6.58. The summed E-state index contributed by atoms with van der Waals surface area (Å²) >= 11 is 7.02. The minimum atomic E-state index is -4.05. The summed E-state index contributed by atoms with van der Waals surface area (Å²) in [7, 11) is -4.05. The van der Waals surface area contributed by atoms with E-state index in [-0.39, 0.29) is 20.4 Å². The molecule has 0 bridgehead atoms. The molecule has 0 fully saturated rings. The van der Waals surface area contributed by atoms with Crippen molar-refractivity contribution >= 4 is 44.4 Å². The first-order valence-electron chi connectivity index (χ1n) is 10.1. The number of hydroxylamine groups is 1. The molecule has 34 heavy (non-hydrogen) atoms. The largest absolute Gasteiger partial charge is 0.397 e. The summed E-state index contributed by atoms with van der Waals surface area (Å²) in [6.45, 7) is 1.65. The zero-order valence-electron chi connectivity index (χ0n) is 17.9. The number of aromatic nitrogens is 1. The Kier molecular flexibility index (Phi) is 6.72. The summed E-state index contributed by atoms with van der Waals surface area (Å²) in [5, 5.41) is 9.88. The van der Waals surface area contributed by atoms with Crippen molar-refractivity contribution in [2.45, 2.75) is 22.4 Å². The van der Waals surface area contributed by atoms with Gasteiger partial charge in [0.2, 0.25) is 9.84 Å². The van der Waals surface area contributed by atoms with Gasteiger partial charge in [-0.05, 0) is 72.5 Å². The molecular formula is C24H20ClN3O4S2. The number of thiophene rings is 1. The van der Waals surface area contributed by atoms with E-state index in [1.165, 1.54) is 12.1 Å². The smallest absolute Gasteiger partial charge is 0.274 e. The van der Waals surface area contributed by atoms with E-state index in [1.807, 2.05) is 6.07 Å². The van der Waals surface area contributed by atoms with Crippen molar-refractivity contribution in [1.82, 2.24) is 10.5 Å². The third-order valence-electron chi connectivity index (χ3n) is 5.42. The Hall–Kier alpha value is -3.24. The Morgan fingerprint density at radius 3 is 2.53 bits per heavy atom. The number of nitrogens with one attached hydrogen (secondary N) is 1. The Balaban J connectivity index is 1.82. The molecule has 0 atom stereocenters. The van der Waals surface area contributed by atoms with E-state index >= 15 is 0 Å². The highest BCUT2D eigenvalue weighted by Gasteiger charge is 2.28. The fourth-order valence-electron chi connectivity index (χ4n) is 3.58. The average Bonchev–Trinajstić information content (AvgIpc) is 3.35. The van der Waals surface area contributed by atoms with Crippen molar-refractivity contribution in [3.05, 3.63) is 94.1 Å². The molecule has 0 saturated carbocycles. The van der Waals surface area contributed by atoms with Gasteiger partial charge in [0.1, 0.15) is 4.21 Å². The van der Waals surface area contributed by atoms with Crippen LogP contribution in [0.25, 0.3) is 10.6 Å². The number of nitrogens with zero attached hydrogens (tertiary/aromatic N) is 1. The molecule has 7 nitrogen and oxygen atoms in total. The molecule has 0 unspecified atom stereocenters. The van der Waals surface area contributed by atoms with Crippen LogP contribution >= 0.6 is 22.9 Å². The second-order valence-corrected chi connectivity index (χ2v) is 11.2.